The van der Waals surface area contributed by atoms with Gasteiger partial charge < -0.3 is 15.4 Å². The van der Waals surface area contributed by atoms with Crippen molar-refractivity contribution in [3.05, 3.63) is 42.5 Å². The van der Waals surface area contributed by atoms with Gasteiger partial charge in [0, 0.05) is 38.0 Å². The molecule has 0 aliphatic carbocycles. The lowest BCUT2D eigenvalue weighted by molar-refractivity contribution is -0.130. The average Bonchev–Trinajstić information content (AvgIpc) is 3.24. The lowest BCUT2D eigenvalue weighted by atomic mass is 9.95. The van der Waals surface area contributed by atoms with Crippen molar-refractivity contribution in [3.8, 4) is 5.75 Å². The molecule has 7 nitrogen and oxygen atoms in total. The summed E-state index contributed by atoms with van der Waals surface area (Å²) in [5.74, 6) is 1.12. The van der Waals surface area contributed by atoms with Crippen molar-refractivity contribution in [2.75, 3.05) is 20.2 Å². The van der Waals surface area contributed by atoms with Crippen molar-refractivity contribution >= 4 is 5.91 Å². The number of carbonyl (C=O) groups excluding carboxylic acids is 1. The molecule has 1 amide bonds. The van der Waals surface area contributed by atoms with Gasteiger partial charge in [-0.3, -0.25) is 9.48 Å². The van der Waals surface area contributed by atoms with Crippen LogP contribution in [-0.4, -0.2) is 51.8 Å². The van der Waals surface area contributed by atoms with E-state index >= 15 is 0 Å². The third-order valence-corrected chi connectivity index (χ3v) is 4.48. The Hall–Kier alpha value is -2.41. The van der Waals surface area contributed by atoms with Gasteiger partial charge in [0.2, 0.25) is 5.91 Å². The third kappa shape index (κ3) is 3.73. The number of aromatic nitrogens is 3. The second-order valence-corrected chi connectivity index (χ2v) is 6.11. The Bertz CT molecular complexity index is 673. The molecule has 2 aromatic rings. The van der Waals surface area contributed by atoms with Gasteiger partial charge in [-0.15, -0.1) is 0 Å². The number of likely N-dealkylation sites (tertiary alicyclic amines) is 1. The zero-order valence-electron chi connectivity index (χ0n) is 13.8. The Labute approximate surface area is 141 Å². The maximum Gasteiger partial charge on any atom is 0.222 e. The summed E-state index contributed by atoms with van der Waals surface area (Å²) in [5, 5.41) is 4.04. The van der Waals surface area contributed by atoms with Crippen molar-refractivity contribution in [2.24, 2.45) is 5.73 Å². The summed E-state index contributed by atoms with van der Waals surface area (Å²) in [6, 6.07) is 7.88. The molecule has 2 heterocycles. The fourth-order valence-electron chi connectivity index (χ4n) is 3.16. The number of methoxy groups -OCH3 is 1. The number of rotatable bonds is 6. The van der Waals surface area contributed by atoms with E-state index in [1.807, 2.05) is 29.2 Å². The smallest absolute Gasteiger partial charge is 0.222 e. The Balaban J connectivity index is 1.55. The Morgan fingerprint density at radius 1 is 1.42 bits per heavy atom. The Morgan fingerprint density at radius 3 is 3.04 bits per heavy atom. The highest BCUT2D eigenvalue weighted by Crippen LogP contribution is 2.29. The first-order chi connectivity index (χ1) is 11.7. The maximum atomic E-state index is 12.4. The molecule has 24 heavy (non-hydrogen) atoms. The molecule has 128 valence electrons. The number of aryl methyl sites for hydroxylation is 1. The minimum atomic E-state index is -0.0450. The molecule has 0 radical (unpaired) electrons. The average molecular weight is 329 g/mol. The molecule has 1 saturated heterocycles. The summed E-state index contributed by atoms with van der Waals surface area (Å²) in [5.41, 5.74) is 7.40. The maximum absolute atomic E-state index is 12.4. The van der Waals surface area contributed by atoms with E-state index in [0.29, 0.717) is 26.1 Å². The fourth-order valence-corrected chi connectivity index (χ4v) is 3.16. The van der Waals surface area contributed by atoms with Crippen LogP contribution in [0.5, 0.6) is 5.75 Å². The monoisotopic (exact) mass is 329 g/mol. The van der Waals surface area contributed by atoms with E-state index in [4.69, 9.17) is 10.5 Å². The van der Waals surface area contributed by atoms with E-state index < -0.39 is 0 Å². The van der Waals surface area contributed by atoms with Crippen LogP contribution < -0.4 is 10.5 Å². The summed E-state index contributed by atoms with van der Waals surface area (Å²) in [6.07, 6.45) is 4.41. The first-order valence-corrected chi connectivity index (χ1v) is 8.17. The molecular formula is C17H23N5O2. The largest absolute Gasteiger partial charge is 0.497 e. The highest BCUT2D eigenvalue weighted by atomic mass is 16.5. The van der Waals surface area contributed by atoms with Gasteiger partial charge in [-0.05, 0) is 24.1 Å². The van der Waals surface area contributed by atoms with E-state index in [9.17, 15) is 4.79 Å². The molecule has 0 bridgehead atoms. The summed E-state index contributed by atoms with van der Waals surface area (Å²) < 4.78 is 7.02. The van der Waals surface area contributed by atoms with E-state index in [2.05, 4.69) is 10.1 Å². The first-order valence-electron chi connectivity index (χ1n) is 8.17. The number of carbonyl (C=O) groups is 1. The molecule has 7 heteroatoms. The minimum absolute atomic E-state index is 0.0450. The van der Waals surface area contributed by atoms with E-state index in [-0.39, 0.29) is 17.9 Å². The van der Waals surface area contributed by atoms with E-state index in [1.165, 1.54) is 6.33 Å². The number of hydrogen-bond donors (Lipinski definition) is 1. The van der Waals surface area contributed by atoms with Gasteiger partial charge in [0.05, 0.1) is 7.11 Å². The number of benzene rings is 1. The Morgan fingerprint density at radius 2 is 2.29 bits per heavy atom. The van der Waals surface area contributed by atoms with Crippen LogP contribution in [0.4, 0.5) is 0 Å². The van der Waals surface area contributed by atoms with Crippen molar-refractivity contribution in [3.63, 3.8) is 0 Å². The van der Waals surface area contributed by atoms with Crippen LogP contribution in [-0.2, 0) is 11.3 Å². The highest BCUT2D eigenvalue weighted by Gasteiger charge is 2.33. The van der Waals surface area contributed by atoms with Crippen molar-refractivity contribution in [1.82, 2.24) is 19.7 Å². The van der Waals surface area contributed by atoms with Crippen LogP contribution >= 0.6 is 0 Å². The molecule has 2 atom stereocenters. The summed E-state index contributed by atoms with van der Waals surface area (Å²) in [6.45, 7) is 1.96. The Kier molecular flexibility index (Phi) is 5.10. The second kappa shape index (κ2) is 7.44. The molecule has 1 aromatic carbocycles. The highest BCUT2D eigenvalue weighted by molar-refractivity contribution is 5.76. The van der Waals surface area contributed by atoms with Crippen LogP contribution in [0.1, 0.15) is 24.3 Å². The van der Waals surface area contributed by atoms with Gasteiger partial charge in [-0.2, -0.15) is 5.10 Å². The first kappa shape index (κ1) is 16.4. The van der Waals surface area contributed by atoms with Gasteiger partial charge >= 0.3 is 0 Å². The zero-order chi connectivity index (χ0) is 16.9. The zero-order valence-corrected chi connectivity index (χ0v) is 13.8. The van der Waals surface area contributed by atoms with E-state index in [1.54, 1.807) is 18.1 Å². The summed E-state index contributed by atoms with van der Waals surface area (Å²) in [7, 11) is 1.65. The number of hydrogen-bond acceptors (Lipinski definition) is 5. The van der Waals surface area contributed by atoms with Crippen LogP contribution in [0.25, 0.3) is 0 Å². The van der Waals surface area contributed by atoms with Gasteiger partial charge in [0.25, 0.3) is 0 Å². The van der Waals surface area contributed by atoms with Crippen LogP contribution in [0.3, 0.4) is 0 Å². The summed E-state index contributed by atoms with van der Waals surface area (Å²) >= 11 is 0. The number of ether oxygens (including phenoxy) is 1. The SMILES string of the molecule is COc1cccc(C2CN(C(=O)CCCn3cncn3)CC2N)c1. The molecule has 2 N–H and O–H groups in total. The van der Waals surface area contributed by atoms with Crippen LogP contribution in [0, 0.1) is 0 Å². The number of amides is 1. The third-order valence-electron chi connectivity index (χ3n) is 4.48. The topological polar surface area (TPSA) is 86.3 Å². The van der Waals surface area contributed by atoms with Crippen molar-refractivity contribution in [2.45, 2.75) is 31.3 Å². The van der Waals surface area contributed by atoms with Gasteiger partial charge in [0.15, 0.2) is 0 Å². The van der Waals surface area contributed by atoms with Gasteiger partial charge in [-0.25, -0.2) is 4.98 Å². The van der Waals surface area contributed by atoms with Crippen LogP contribution in [0.2, 0.25) is 0 Å². The van der Waals surface area contributed by atoms with Gasteiger partial charge in [0.1, 0.15) is 18.4 Å². The number of nitrogens with zero attached hydrogens (tertiary/aromatic N) is 4. The second-order valence-electron chi connectivity index (χ2n) is 6.11. The van der Waals surface area contributed by atoms with E-state index in [0.717, 1.165) is 17.7 Å². The predicted molar refractivity (Wildman–Crippen MR) is 89.5 cm³/mol. The predicted octanol–water partition coefficient (Wildman–Crippen LogP) is 1.02. The minimum Gasteiger partial charge on any atom is -0.497 e. The molecule has 3 rings (SSSR count). The lowest BCUT2D eigenvalue weighted by Gasteiger charge is -2.17. The van der Waals surface area contributed by atoms with Crippen LogP contribution in [0.15, 0.2) is 36.9 Å². The molecule has 0 saturated carbocycles. The molecule has 0 spiro atoms. The molecule has 2 unspecified atom stereocenters. The number of nitrogens with two attached hydrogens (primary N) is 1. The van der Waals surface area contributed by atoms with Crippen molar-refractivity contribution in [1.29, 1.82) is 0 Å². The standard InChI is InChI=1S/C17H23N5O2/c1-24-14-5-2-4-13(8-14)15-9-21(10-16(15)18)17(23)6-3-7-22-12-19-11-20-22/h2,4-5,8,11-12,15-16H,3,6-7,9-10,18H2,1H3. The van der Waals surface area contributed by atoms with Gasteiger partial charge in [-0.1, -0.05) is 12.1 Å². The summed E-state index contributed by atoms with van der Waals surface area (Å²) in [4.78, 5) is 18.2. The molecule has 1 aliphatic heterocycles. The molecular weight excluding hydrogens is 306 g/mol. The molecule has 1 aromatic heterocycles. The lowest BCUT2D eigenvalue weighted by Crippen LogP contribution is -2.32. The normalized spacial score (nSPS) is 20.3. The van der Waals surface area contributed by atoms with Crippen molar-refractivity contribution < 1.29 is 9.53 Å². The quantitative estimate of drug-likeness (QED) is 0.855. The molecule has 1 fully saturated rings. The molecule has 1 aliphatic rings. The fraction of sp³-hybridized carbons (Fsp3) is 0.471.